The van der Waals surface area contributed by atoms with Gasteiger partial charge in [0.05, 0.1) is 5.41 Å². The van der Waals surface area contributed by atoms with Gasteiger partial charge in [0.1, 0.15) is 5.82 Å². The van der Waals surface area contributed by atoms with Gasteiger partial charge in [-0.25, -0.2) is 4.98 Å². The Balaban J connectivity index is 1.96. The molecule has 0 aliphatic carbocycles. The van der Waals surface area contributed by atoms with Crippen LogP contribution in [-0.2, 0) is 11.3 Å². The highest BCUT2D eigenvalue weighted by molar-refractivity contribution is 5.82. The molecule has 0 spiro atoms. The number of aromatic nitrogens is 1. The average molecular weight is 276 g/mol. The van der Waals surface area contributed by atoms with E-state index < -0.39 is 5.41 Å². The van der Waals surface area contributed by atoms with E-state index >= 15 is 0 Å². The van der Waals surface area contributed by atoms with Gasteiger partial charge in [-0.3, -0.25) is 4.79 Å². The van der Waals surface area contributed by atoms with Crippen LogP contribution in [0.4, 0.5) is 5.82 Å². The highest BCUT2D eigenvalue weighted by atomic mass is 16.1. The van der Waals surface area contributed by atoms with Crippen molar-refractivity contribution in [3.8, 4) is 0 Å². The number of rotatable bonds is 6. The fourth-order valence-corrected chi connectivity index (χ4v) is 2.48. The SMILES string of the molecule is CCCNCc1ccc(N2CCC(C)(C(N)=O)C2)nc1. The van der Waals surface area contributed by atoms with Crippen LogP contribution in [-0.4, -0.2) is 30.5 Å². The summed E-state index contributed by atoms with van der Waals surface area (Å²) in [4.78, 5) is 18.1. The molecule has 0 aromatic carbocycles. The second kappa shape index (κ2) is 6.22. The first kappa shape index (κ1) is 14.8. The average Bonchev–Trinajstić information content (AvgIpc) is 2.84. The summed E-state index contributed by atoms with van der Waals surface area (Å²) in [7, 11) is 0. The first-order valence-corrected chi connectivity index (χ1v) is 7.25. The van der Waals surface area contributed by atoms with Crippen LogP contribution in [0.1, 0.15) is 32.3 Å². The minimum atomic E-state index is -0.428. The Labute approximate surface area is 120 Å². The lowest BCUT2D eigenvalue weighted by Gasteiger charge is -2.21. The summed E-state index contributed by atoms with van der Waals surface area (Å²) in [5, 5.41) is 3.35. The molecule has 2 heterocycles. The number of nitrogens with zero attached hydrogens (tertiary/aromatic N) is 2. The number of nitrogens with one attached hydrogen (secondary N) is 1. The van der Waals surface area contributed by atoms with Crippen LogP contribution in [0.3, 0.4) is 0 Å². The Morgan fingerprint density at radius 3 is 2.90 bits per heavy atom. The molecule has 1 unspecified atom stereocenters. The minimum Gasteiger partial charge on any atom is -0.369 e. The Hall–Kier alpha value is -1.62. The van der Waals surface area contributed by atoms with Gasteiger partial charge in [-0.2, -0.15) is 0 Å². The first-order chi connectivity index (χ1) is 9.55. The number of anilines is 1. The van der Waals surface area contributed by atoms with E-state index in [-0.39, 0.29) is 5.91 Å². The molecule has 1 aromatic heterocycles. The lowest BCUT2D eigenvalue weighted by Crippen LogP contribution is -2.37. The zero-order valence-corrected chi connectivity index (χ0v) is 12.4. The van der Waals surface area contributed by atoms with Crippen LogP contribution in [0, 0.1) is 5.41 Å². The third-order valence-electron chi connectivity index (χ3n) is 3.96. The quantitative estimate of drug-likeness (QED) is 0.768. The monoisotopic (exact) mass is 276 g/mol. The van der Waals surface area contributed by atoms with Crippen molar-refractivity contribution < 1.29 is 4.79 Å². The fourth-order valence-electron chi connectivity index (χ4n) is 2.48. The lowest BCUT2D eigenvalue weighted by atomic mass is 9.89. The summed E-state index contributed by atoms with van der Waals surface area (Å²) < 4.78 is 0. The highest BCUT2D eigenvalue weighted by Gasteiger charge is 2.39. The Morgan fingerprint density at radius 1 is 1.55 bits per heavy atom. The van der Waals surface area contributed by atoms with Gasteiger partial charge in [0.15, 0.2) is 0 Å². The van der Waals surface area contributed by atoms with Crippen molar-refractivity contribution in [3.63, 3.8) is 0 Å². The summed E-state index contributed by atoms with van der Waals surface area (Å²) in [5.74, 6) is 0.703. The van der Waals surface area contributed by atoms with Gasteiger partial charge in [0, 0.05) is 25.8 Å². The molecule has 5 nitrogen and oxygen atoms in total. The third kappa shape index (κ3) is 3.28. The second-order valence-electron chi connectivity index (χ2n) is 5.80. The van der Waals surface area contributed by atoms with E-state index in [1.54, 1.807) is 0 Å². The molecule has 5 heteroatoms. The molecule has 0 radical (unpaired) electrons. The van der Waals surface area contributed by atoms with Crippen molar-refractivity contribution >= 4 is 11.7 Å². The van der Waals surface area contributed by atoms with Crippen LogP contribution in [0.5, 0.6) is 0 Å². The van der Waals surface area contributed by atoms with Crippen LogP contribution in [0.15, 0.2) is 18.3 Å². The molecule has 1 aliphatic rings. The molecule has 0 saturated carbocycles. The molecular formula is C15H24N4O. The van der Waals surface area contributed by atoms with Gasteiger partial charge in [0.25, 0.3) is 0 Å². The van der Waals surface area contributed by atoms with E-state index in [2.05, 4.69) is 28.2 Å². The molecule has 110 valence electrons. The van der Waals surface area contributed by atoms with Crippen LogP contribution in [0.25, 0.3) is 0 Å². The fraction of sp³-hybridized carbons (Fsp3) is 0.600. The Kier molecular flexibility index (Phi) is 4.60. The third-order valence-corrected chi connectivity index (χ3v) is 3.96. The maximum Gasteiger partial charge on any atom is 0.225 e. The number of pyridine rings is 1. The molecule has 0 bridgehead atoms. The summed E-state index contributed by atoms with van der Waals surface area (Å²) >= 11 is 0. The van der Waals surface area contributed by atoms with Gasteiger partial charge < -0.3 is 16.0 Å². The normalized spacial score (nSPS) is 22.2. The molecule has 1 atom stereocenters. The molecular weight excluding hydrogens is 252 g/mol. The van der Waals surface area contributed by atoms with Gasteiger partial charge in [-0.15, -0.1) is 0 Å². The van der Waals surface area contributed by atoms with Crippen LogP contribution >= 0.6 is 0 Å². The number of primary amides is 1. The predicted molar refractivity (Wildman–Crippen MR) is 80.4 cm³/mol. The predicted octanol–water partition coefficient (Wildman–Crippen LogP) is 1.28. The van der Waals surface area contributed by atoms with Crippen molar-refractivity contribution in [1.29, 1.82) is 0 Å². The number of amides is 1. The molecule has 1 aromatic rings. The van der Waals surface area contributed by atoms with E-state index in [0.29, 0.717) is 6.54 Å². The number of hydrogen-bond acceptors (Lipinski definition) is 4. The molecule has 20 heavy (non-hydrogen) atoms. The van der Waals surface area contributed by atoms with E-state index in [1.807, 2.05) is 19.2 Å². The van der Waals surface area contributed by atoms with Crippen molar-refractivity contribution in [2.45, 2.75) is 33.2 Å². The van der Waals surface area contributed by atoms with Gasteiger partial charge in [-0.1, -0.05) is 13.0 Å². The summed E-state index contributed by atoms with van der Waals surface area (Å²) in [5.41, 5.74) is 6.22. The van der Waals surface area contributed by atoms with E-state index in [1.165, 1.54) is 5.56 Å². The van der Waals surface area contributed by atoms with Crippen LogP contribution in [0.2, 0.25) is 0 Å². The zero-order valence-electron chi connectivity index (χ0n) is 12.4. The van der Waals surface area contributed by atoms with Crippen LogP contribution < -0.4 is 16.0 Å². The molecule has 1 fully saturated rings. The Bertz CT molecular complexity index is 459. The maximum absolute atomic E-state index is 11.5. The zero-order chi connectivity index (χ0) is 14.6. The number of carbonyl (C=O) groups is 1. The van der Waals surface area contributed by atoms with Crippen molar-refractivity contribution in [1.82, 2.24) is 10.3 Å². The smallest absolute Gasteiger partial charge is 0.225 e. The maximum atomic E-state index is 11.5. The van der Waals surface area contributed by atoms with Gasteiger partial charge in [-0.05, 0) is 37.9 Å². The van der Waals surface area contributed by atoms with E-state index in [0.717, 1.165) is 38.3 Å². The minimum absolute atomic E-state index is 0.222. The first-order valence-electron chi connectivity index (χ1n) is 7.25. The largest absolute Gasteiger partial charge is 0.369 e. The van der Waals surface area contributed by atoms with Crippen molar-refractivity contribution in [3.05, 3.63) is 23.9 Å². The molecule has 2 rings (SSSR count). The Morgan fingerprint density at radius 2 is 2.35 bits per heavy atom. The summed E-state index contributed by atoms with van der Waals surface area (Å²) in [6, 6.07) is 4.11. The summed E-state index contributed by atoms with van der Waals surface area (Å²) in [6.45, 7) is 7.43. The van der Waals surface area contributed by atoms with Crippen molar-refractivity contribution in [2.75, 3.05) is 24.5 Å². The molecule has 1 aliphatic heterocycles. The standard InChI is InChI=1S/C15H24N4O/c1-3-7-17-9-12-4-5-13(18-10-12)19-8-6-15(2,11-19)14(16)20/h4-5,10,17H,3,6-9,11H2,1-2H3,(H2,16,20). The number of hydrogen-bond donors (Lipinski definition) is 2. The number of carbonyl (C=O) groups excluding carboxylic acids is 1. The molecule has 3 N–H and O–H groups in total. The van der Waals surface area contributed by atoms with E-state index in [9.17, 15) is 4.79 Å². The number of nitrogens with two attached hydrogens (primary N) is 1. The lowest BCUT2D eigenvalue weighted by molar-refractivity contribution is -0.125. The molecule has 1 amide bonds. The molecule has 1 saturated heterocycles. The van der Waals surface area contributed by atoms with Gasteiger partial charge >= 0.3 is 0 Å². The van der Waals surface area contributed by atoms with E-state index in [4.69, 9.17) is 5.73 Å². The van der Waals surface area contributed by atoms with Crippen molar-refractivity contribution in [2.24, 2.45) is 11.1 Å². The van der Waals surface area contributed by atoms with Gasteiger partial charge in [0.2, 0.25) is 5.91 Å². The second-order valence-corrected chi connectivity index (χ2v) is 5.80. The summed E-state index contributed by atoms with van der Waals surface area (Å²) in [6.07, 6.45) is 3.83. The highest BCUT2D eigenvalue weighted by Crippen LogP contribution is 2.31. The topological polar surface area (TPSA) is 71.2 Å².